The number of nitrogens with zero attached hydrogens (tertiary/aromatic N) is 2. The summed E-state index contributed by atoms with van der Waals surface area (Å²) < 4.78 is 0. The first-order valence-electron chi connectivity index (χ1n) is 9.47. The van der Waals surface area contributed by atoms with Crippen LogP contribution < -0.4 is 10.6 Å². The van der Waals surface area contributed by atoms with Gasteiger partial charge in [-0.25, -0.2) is 0 Å². The van der Waals surface area contributed by atoms with E-state index in [1.807, 2.05) is 18.8 Å². The Balaban J connectivity index is 1.63. The number of likely N-dealkylation sites (tertiary alicyclic amines) is 1. The third kappa shape index (κ3) is 6.54. The second kappa shape index (κ2) is 10.4. The lowest BCUT2D eigenvalue weighted by atomic mass is 9.93. The Hall–Kier alpha value is -0.420. The first kappa shape index (κ1) is 18.9. The van der Waals surface area contributed by atoms with E-state index in [-0.39, 0.29) is 0 Å². The second-order valence-electron chi connectivity index (χ2n) is 7.03. The fourth-order valence-corrected chi connectivity index (χ4v) is 4.69. The van der Waals surface area contributed by atoms with Gasteiger partial charge in [0, 0.05) is 24.9 Å². The molecule has 0 bridgehead atoms. The van der Waals surface area contributed by atoms with E-state index in [0.29, 0.717) is 6.04 Å². The maximum atomic E-state index is 4.42. The molecule has 0 aromatic carbocycles. The van der Waals surface area contributed by atoms with Crippen LogP contribution >= 0.6 is 11.8 Å². The zero-order valence-electron chi connectivity index (χ0n) is 15.3. The van der Waals surface area contributed by atoms with Crippen LogP contribution in [0.15, 0.2) is 4.99 Å². The molecule has 4 nitrogen and oxygen atoms in total. The molecule has 1 saturated heterocycles. The molecule has 5 heteroatoms. The molecule has 2 atom stereocenters. The first-order chi connectivity index (χ1) is 11.2. The van der Waals surface area contributed by atoms with E-state index in [1.165, 1.54) is 64.6 Å². The fourth-order valence-electron chi connectivity index (χ4n) is 3.86. The van der Waals surface area contributed by atoms with Gasteiger partial charge in [-0.2, -0.15) is 11.8 Å². The summed E-state index contributed by atoms with van der Waals surface area (Å²) in [5, 5.41) is 8.00. The summed E-state index contributed by atoms with van der Waals surface area (Å²) in [6.45, 7) is 7.10. The van der Waals surface area contributed by atoms with E-state index >= 15 is 0 Å². The minimum Gasteiger partial charge on any atom is -0.356 e. The van der Waals surface area contributed by atoms with Crippen molar-refractivity contribution >= 4 is 17.7 Å². The molecule has 2 aliphatic rings. The van der Waals surface area contributed by atoms with Crippen LogP contribution in [0.4, 0.5) is 0 Å². The maximum absolute atomic E-state index is 4.42. The topological polar surface area (TPSA) is 39.7 Å². The third-order valence-electron chi connectivity index (χ3n) is 5.52. The number of nitrogens with one attached hydrogen (secondary N) is 2. The van der Waals surface area contributed by atoms with Crippen LogP contribution in [-0.2, 0) is 0 Å². The zero-order chi connectivity index (χ0) is 16.5. The first-order valence-corrected chi connectivity index (χ1v) is 10.8. The van der Waals surface area contributed by atoms with Crippen LogP contribution in [0.3, 0.4) is 0 Å². The predicted octanol–water partition coefficient (Wildman–Crippen LogP) is 2.95. The number of guanidine groups is 1. The molecule has 0 amide bonds. The van der Waals surface area contributed by atoms with Crippen molar-refractivity contribution in [1.29, 1.82) is 0 Å². The molecule has 1 saturated carbocycles. The van der Waals surface area contributed by atoms with Gasteiger partial charge >= 0.3 is 0 Å². The van der Waals surface area contributed by atoms with Crippen molar-refractivity contribution in [1.82, 2.24) is 15.5 Å². The Morgan fingerprint density at radius 2 is 2.00 bits per heavy atom. The monoisotopic (exact) mass is 340 g/mol. The van der Waals surface area contributed by atoms with Crippen molar-refractivity contribution < 1.29 is 0 Å². The van der Waals surface area contributed by atoms with Crippen molar-refractivity contribution in [2.45, 2.75) is 63.2 Å². The average molecular weight is 341 g/mol. The van der Waals surface area contributed by atoms with Crippen LogP contribution in [0.2, 0.25) is 0 Å². The molecular formula is C18H36N4S. The molecule has 1 aliphatic carbocycles. The van der Waals surface area contributed by atoms with Gasteiger partial charge in [0.15, 0.2) is 5.96 Å². The molecule has 2 fully saturated rings. The van der Waals surface area contributed by atoms with E-state index in [9.17, 15) is 0 Å². The van der Waals surface area contributed by atoms with Crippen molar-refractivity contribution in [2.24, 2.45) is 10.9 Å². The van der Waals surface area contributed by atoms with E-state index in [0.717, 1.165) is 23.7 Å². The highest BCUT2D eigenvalue weighted by Gasteiger charge is 2.22. The number of thioether (sulfide) groups is 1. The van der Waals surface area contributed by atoms with E-state index in [4.69, 9.17) is 0 Å². The highest BCUT2D eigenvalue weighted by atomic mass is 32.2. The normalized spacial score (nSPS) is 27.9. The number of aliphatic imine (C=N–C) groups is 1. The summed E-state index contributed by atoms with van der Waals surface area (Å²) in [5.74, 6) is 1.89. The smallest absolute Gasteiger partial charge is 0.191 e. The van der Waals surface area contributed by atoms with Gasteiger partial charge in [0.2, 0.25) is 0 Å². The van der Waals surface area contributed by atoms with Gasteiger partial charge in [-0.15, -0.1) is 0 Å². The summed E-state index contributed by atoms with van der Waals surface area (Å²) >= 11 is 2.02. The van der Waals surface area contributed by atoms with Gasteiger partial charge < -0.3 is 15.5 Å². The molecule has 23 heavy (non-hydrogen) atoms. The summed E-state index contributed by atoms with van der Waals surface area (Å²) in [6, 6.07) is 0.597. The standard InChI is InChI=1S/C18H36N4S/c1-4-22-12-9-15(10-13-22)8-11-20-18(19-2)21-16-6-5-7-17(14-16)23-3/h15-17H,4-14H2,1-3H3,(H2,19,20,21). The van der Waals surface area contributed by atoms with Crippen molar-refractivity contribution in [2.75, 3.05) is 39.5 Å². The van der Waals surface area contributed by atoms with Crippen LogP contribution in [0.25, 0.3) is 0 Å². The Morgan fingerprint density at radius 1 is 1.22 bits per heavy atom. The zero-order valence-corrected chi connectivity index (χ0v) is 16.1. The van der Waals surface area contributed by atoms with Gasteiger partial charge in [-0.3, -0.25) is 4.99 Å². The van der Waals surface area contributed by atoms with Crippen LogP contribution in [0.5, 0.6) is 0 Å². The Morgan fingerprint density at radius 3 is 2.65 bits per heavy atom. The highest BCUT2D eigenvalue weighted by Crippen LogP contribution is 2.26. The molecule has 2 N–H and O–H groups in total. The van der Waals surface area contributed by atoms with Gasteiger partial charge in [0.25, 0.3) is 0 Å². The van der Waals surface area contributed by atoms with Crippen LogP contribution in [0, 0.1) is 5.92 Å². The number of hydrogen-bond acceptors (Lipinski definition) is 3. The molecular weight excluding hydrogens is 304 g/mol. The van der Waals surface area contributed by atoms with Gasteiger partial charge in [0.05, 0.1) is 0 Å². The lowest BCUT2D eigenvalue weighted by Crippen LogP contribution is -2.46. The number of rotatable bonds is 6. The van der Waals surface area contributed by atoms with Gasteiger partial charge in [-0.1, -0.05) is 13.3 Å². The molecule has 2 unspecified atom stereocenters. The quantitative estimate of drug-likeness (QED) is 0.576. The third-order valence-corrected chi connectivity index (χ3v) is 6.62. The molecule has 0 spiro atoms. The molecule has 1 heterocycles. The minimum absolute atomic E-state index is 0.597. The summed E-state index contributed by atoms with van der Waals surface area (Å²) in [7, 11) is 1.89. The molecule has 0 aromatic heterocycles. The highest BCUT2D eigenvalue weighted by molar-refractivity contribution is 7.99. The van der Waals surface area contributed by atoms with Crippen molar-refractivity contribution in [3.8, 4) is 0 Å². The average Bonchev–Trinajstić information content (AvgIpc) is 2.61. The largest absolute Gasteiger partial charge is 0.356 e. The van der Waals surface area contributed by atoms with Crippen molar-refractivity contribution in [3.63, 3.8) is 0 Å². The van der Waals surface area contributed by atoms with E-state index < -0.39 is 0 Å². The maximum Gasteiger partial charge on any atom is 0.191 e. The Kier molecular flexibility index (Phi) is 8.59. The minimum atomic E-state index is 0.597. The lowest BCUT2D eigenvalue weighted by molar-refractivity contribution is 0.187. The van der Waals surface area contributed by atoms with Gasteiger partial charge in [-0.05, 0) is 70.3 Å². The molecule has 0 aromatic rings. The summed E-state index contributed by atoms with van der Waals surface area (Å²) in [4.78, 5) is 6.99. The van der Waals surface area contributed by atoms with Crippen LogP contribution in [-0.4, -0.2) is 61.6 Å². The Bertz CT molecular complexity index is 353. The molecule has 134 valence electrons. The van der Waals surface area contributed by atoms with Crippen molar-refractivity contribution in [3.05, 3.63) is 0 Å². The van der Waals surface area contributed by atoms with Gasteiger partial charge in [0.1, 0.15) is 0 Å². The number of piperidine rings is 1. The number of hydrogen-bond donors (Lipinski definition) is 2. The predicted molar refractivity (Wildman–Crippen MR) is 104 cm³/mol. The fraction of sp³-hybridized carbons (Fsp3) is 0.944. The molecule has 2 rings (SSSR count). The van der Waals surface area contributed by atoms with E-state index in [2.05, 4.69) is 33.7 Å². The lowest BCUT2D eigenvalue weighted by Gasteiger charge is -2.32. The van der Waals surface area contributed by atoms with Crippen LogP contribution in [0.1, 0.15) is 51.9 Å². The Labute approximate surface area is 147 Å². The summed E-state index contributed by atoms with van der Waals surface area (Å²) in [6.07, 6.45) is 11.5. The molecule has 0 radical (unpaired) electrons. The summed E-state index contributed by atoms with van der Waals surface area (Å²) in [5.41, 5.74) is 0. The van der Waals surface area contributed by atoms with E-state index in [1.54, 1.807) is 0 Å². The SMILES string of the molecule is CCN1CCC(CCNC(=NC)NC2CCCC(SC)C2)CC1. The molecule has 1 aliphatic heterocycles. The second-order valence-corrected chi connectivity index (χ2v) is 8.17.